The number of benzene rings is 4. The van der Waals surface area contributed by atoms with Gasteiger partial charge in [-0.25, -0.2) is 9.97 Å². The number of carbonyl (C=O) groups is 4. The van der Waals surface area contributed by atoms with E-state index in [1.807, 2.05) is 143 Å². The van der Waals surface area contributed by atoms with Crippen LogP contribution in [0, 0.1) is 12.3 Å². The largest absolute Gasteiger partial charge is 0.493 e. The number of para-hydroxylation sites is 1. The molecule has 0 aliphatic carbocycles. The van der Waals surface area contributed by atoms with Crippen LogP contribution >= 0.6 is 11.3 Å². The van der Waals surface area contributed by atoms with E-state index in [1.54, 1.807) is 18.4 Å². The Morgan fingerprint density at radius 1 is 0.847 bits per heavy atom. The predicted molar refractivity (Wildman–Crippen MR) is 278 cm³/mol. The third kappa shape index (κ3) is 12.2. The van der Waals surface area contributed by atoms with Crippen molar-refractivity contribution in [1.29, 1.82) is 0 Å². The Balaban J connectivity index is 0.796. The molecule has 0 bridgehead atoms. The topological polar surface area (TPSA) is 191 Å². The molecule has 0 spiro atoms. The number of fused-ring (bicyclic) bond motifs is 3. The van der Waals surface area contributed by atoms with Crippen molar-refractivity contribution < 1.29 is 43.2 Å². The monoisotopic (exact) mass is 994 g/mol. The average Bonchev–Trinajstić information content (AvgIpc) is 3.96. The fraction of sp³-hybridized carbons (Fsp3) is 0.357. The molecule has 1 fully saturated rings. The zero-order valence-electron chi connectivity index (χ0n) is 41.5. The maximum absolute atomic E-state index is 14.1. The van der Waals surface area contributed by atoms with Crippen LogP contribution in [0.4, 0.5) is 5.69 Å². The first kappa shape index (κ1) is 51.4. The van der Waals surface area contributed by atoms with Crippen LogP contribution in [-0.2, 0) is 35.1 Å². The molecule has 4 aromatic carbocycles. The fourth-order valence-corrected chi connectivity index (χ4v) is 9.85. The van der Waals surface area contributed by atoms with Gasteiger partial charge in [0.2, 0.25) is 23.6 Å². The van der Waals surface area contributed by atoms with Crippen molar-refractivity contribution in [2.24, 2.45) is 5.41 Å². The van der Waals surface area contributed by atoms with Gasteiger partial charge in [0.05, 0.1) is 85.3 Å². The minimum atomic E-state index is -0.955. The molecule has 8 rings (SSSR count). The number of nitrogens with zero attached hydrogens (tertiary/aromatic N) is 3. The molecule has 4 amide bonds. The molecule has 4 heterocycles. The minimum Gasteiger partial charge on any atom is -0.493 e. The number of nitrogens with one attached hydrogen (secondary N) is 3. The highest BCUT2D eigenvalue weighted by atomic mass is 32.1. The molecule has 6 aromatic rings. The van der Waals surface area contributed by atoms with Crippen LogP contribution in [-0.4, -0.2) is 108 Å². The Kier molecular flexibility index (Phi) is 16.5. The molecule has 16 heteroatoms. The van der Waals surface area contributed by atoms with Gasteiger partial charge in [-0.05, 0) is 71.3 Å². The van der Waals surface area contributed by atoms with Crippen molar-refractivity contribution in [2.45, 2.75) is 78.1 Å². The molecule has 1 saturated heterocycles. The Labute approximate surface area is 424 Å². The molecule has 376 valence electrons. The number of carbonyl (C=O) groups excluding carboxylic acids is 4. The molecule has 2 aliphatic heterocycles. The van der Waals surface area contributed by atoms with Gasteiger partial charge in [-0.3, -0.25) is 19.2 Å². The van der Waals surface area contributed by atoms with E-state index in [2.05, 4.69) is 20.9 Å². The number of aromatic nitrogens is 2. The quantitative estimate of drug-likeness (QED) is 0.0573. The molecular weight excluding hydrogens is 933 g/mol. The maximum Gasteiger partial charge on any atom is 0.246 e. The lowest BCUT2D eigenvalue weighted by molar-refractivity contribution is -0.144. The van der Waals surface area contributed by atoms with Gasteiger partial charge in [-0.15, -0.1) is 11.3 Å². The van der Waals surface area contributed by atoms with E-state index in [0.29, 0.717) is 17.2 Å². The first-order valence-corrected chi connectivity index (χ1v) is 25.1. The number of thiazole rings is 1. The summed E-state index contributed by atoms with van der Waals surface area (Å²) < 4.78 is 23.3. The molecule has 15 nitrogen and oxygen atoms in total. The lowest BCUT2D eigenvalue weighted by atomic mass is 9.85. The third-order valence-electron chi connectivity index (χ3n) is 12.9. The number of aryl methyl sites for hydroxylation is 1. The van der Waals surface area contributed by atoms with Gasteiger partial charge in [-0.2, -0.15) is 0 Å². The van der Waals surface area contributed by atoms with Gasteiger partial charge in [0.1, 0.15) is 18.7 Å². The second-order valence-electron chi connectivity index (χ2n) is 19.1. The summed E-state index contributed by atoms with van der Waals surface area (Å²) in [5, 5.41) is 19.6. The second-order valence-corrected chi connectivity index (χ2v) is 19.9. The number of hydrogen-bond acceptors (Lipinski definition) is 12. The average molecular weight is 995 g/mol. The zero-order valence-corrected chi connectivity index (χ0v) is 42.3. The number of hydrogen-bond donors (Lipinski definition) is 4. The van der Waals surface area contributed by atoms with Gasteiger partial charge in [0, 0.05) is 30.5 Å². The molecule has 2 aromatic heterocycles. The van der Waals surface area contributed by atoms with Crippen molar-refractivity contribution in [3.8, 4) is 55.6 Å². The molecule has 0 saturated carbocycles. The smallest absolute Gasteiger partial charge is 0.246 e. The van der Waals surface area contributed by atoms with E-state index in [4.69, 9.17) is 23.9 Å². The SMILES string of the molecule is COc1cc(-c2cc(-c3ccccc3)nc3c2CC(=O)Nc2ccccc2-3)ccc1OCCOCCOCCC(=O)N[C@H](C(=O)N1C[C@H](O)C[C@H]1C(=O)N[C@@H](C)c1ccc(-c2scnc2C)cc1)C(C)(C)C. The Bertz CT molecular complexity index is 2880. The van der Waals surface area contributed by atoms with E-state index in [1.165, 1.54) is 4.90 Å². The van der Waals surface area contributed by atoms with Crippen LogP contribution < -0.4 is 25.4 Å². The number of ether oxygens (including phenoxy) is 4. The summed E-state index contributed by atoms with van der Waals surface area (Å²) in [6.45, 7) is 10.4. The number of rotatable bonds is 19. The maximum atomic E-state index is 14.1. The number of methoxy groups -OCH3 is 1. The molecule has 2 aliphatic rings. The third-order valence-corrected chi connectivity index (χ3v) is 13.8. The first-order valence-electron chi connectivity index (χ1n) is 24.2. The Hall–Kier alpha value is -6.98. The number of amides is 4. The summed E-state index contributed by atoms with van der Waals surface area (Å²) in [6, 6.07) is 31.1. The summed E-state index contributed by atoms with van der Waals surface area (Å²) in [6.07, 6.45) is -0.644. The number of aliphatic hydroxyl groups is 1. The number of pyridine rings is 1. The lowest BCUT2D eigenvalue weighted by Crippen LogP contribution is -2.58. The lowest BCUT2D eigenvalue weighted by Gasteiger charge is -2.35. The van der Waals surface area contributed by atoms with Crippen molar-refractivity contribution in [2.75, 3.05) is 52.0 Å². The van der Waals surface area contributed by atoms with Crippen molar-refractivity contribution >= 4 is 40.7 Å². The van der Waals surface area contributed by atoms with Gasteiger partial charge in [0.15, 0.2) is 11.5 Å². The molecule has 0 unspecified atom stereocenters. The molecular formula is C56H62N6O9S. The Morgan fingerprint density at radius 2 is 1.56 bits per heavy atom. The van der Waals surface area contributed by atoms with E-state index in [9.17, 15) is 24.3 Å². The number of likely N-dealkylation sites (tertiary alicyclic amines) is 1. The number of aliphatic hydroxyl groups excluding tert-OH is 1. The summed E-state index contributed by atoms with van der Waals surface area (Å²) in [5.41, 5.74) is 10.6. The van der Waals surface area contributed by atoms with E-state index < -0.39 is 29.5 Å². The molecule has 72 heavy (non-hydrogen) atoms. The highest BCUT2D eigenvalue weighted by Crippen LogP contribution is 2.42. The van der Waals surface area contributed by atoms with Crippen molar-refractivity contribution in [3.63, 3.8) is 0 Å². The van der Waals surface area contributed by atoms with Gasteiger partial charge in [0.25, 0.3) is 0 Å². The van der Waals surface area contributed by atoms with Crippen LogP contribution in [0.25, 0.3) is 44.1 Å². The number of β-amino-alcohol motifs (C(OH)–C–C–N with tert-alkyl or cyclic N) is 1. The summed E-state index contributed by atoms with van der Waals surface area (Å²) in [4.78, 5) is 66.1. The van der Waals surface area contributed by atoms with Gasteiger partial charge in [-0.1, -0.05) is 99.6 Å². The van der Waals surface area contributed by atoms with E-state index >= 15 is 0 Å². The highest BCUT2D eigenvalue weighted by molar-refractivity contribution is 7.13. The van der Waals surface area contributed by atoms with Gasteiger partial charge < -0.3 is 44.9 Å². The standard InChI is InChI=1S/C56H62N6O9S/c1-34(36-16-18-38(19-17-36)52-35(2)57-33-72-52)58-54(66)46-29-40(63)32-62(46)55(67)53(56(3,4)5)61-49(64)22-23-69-24-25-70-26-27-71-47-21-20-39(28-48(47)68-6)42-30-45(37-12-8-7-9-13-37)60-51-41-14-10-11-15-44(41)59-50(65)31-43(42)51/h7-21,28,30,33-34,40,46,53,63H,22-27,29,31-32H2,1-6H3,(H,58,66)(H,59,65)(H,61,64)/t34-,40+,46-,53+/m0/s1. The van der Waals surface area contributed by atoms with E-state index in [0.717, 1.165) is 60.9 Å². The van der Waals surface area contributed by atoms with E-state index in [-0.39, 0.29) is 82.6 Å². The molecule has 4 atom stereocenters. The molecule has 0 radical (unpaired) electrons. The number of anilines is 1. The molecule has 4 N–H and O–H groups in total. The summed E-state index contributed by atoms with van der Waals surface area (Å²) in [5.74, 6) is -0.261. The normalized spacial score (nSPS) is 16.2. The first-order chi connectivity index (χ1) is 34.7. The fourth-order valence-electron chi connectivity index (χ4n) is 9.04. The predicted octanol–water partition coefficient (Wildman–Crippen LogP) is 8.19. The zero-order chi connectivity index (χ0) is 50.9. The summed E-state index contributed by atoms with van der Waals surface area (Å²) in [7, 11) is 1.58. The van der Waals surface area contributed by atoms with Crippen molar-refractivity contribution in [1.82, 2.24) is 25.5 Å². The van der Waals surface area contributed by atoms with Gasteiger partial charge >= 0.3 is 0 Å². The second kappa shape index (κ2) is 23.1. The highest BCUT2D eigenvalue weighted by Gasteiger charge is 2.44. The van der Waals surface area contributed by atoms with Crippen LogP contribution in [0.15, 0.2) is 109 Å². The van der Waals surface area contributed by atoms with Crippen LogP contribution in [0.3, 0.4) is 0 Å². The van der Waals surface area contributed by atoms with Crippen LogP contribution in [0.1, 0.15) is 63.4 Å². The van der Waals surface area contributed by atoms with Crippen molar-refractivity contribution in [3.05, 3.63) is 125 Å². The minimum absolute atomic E-state index is 0.000522. The van der Waals surface area contributed by atoms with Crippen LogP contribution in [0.5, 0.6) is 11.5 Å². The summed E-state index contributed by atoms with van der Waals surface area (Å²) >= 11 is 1.57. The van der Waals surface area contributed by atoms with Crippen LogP contribution in [0.2, 0.25) is 0 Å². The Morgan fingerprint density at radius 3 is 2.28 bits per heavy atom.